The van der Waals surface area contributed by atoms with Crippen molar-refractivity contribution in [3.8, 4) is 11.5 Å². The number of hydrogen-bond acceptors (Lipinski definition) is 6. The van der Waals surface area contributed by atoms with Gasteiger partial charge in [0, 0.05) is 24.6 Å². The molecule has 4 atom stereocenters. The highest BCUT2D eigenvalue weighted by atomic mass is 19.4. The summed E-state index contributed by atoms with van der Waals surface area (Å²) in [5.74, 6) is 0.867. The molecule has 0 saturated carbocycles. The molecular weight excluding hydrogens is 439 g/mol. The van der Waals surface area contributed by atoms with E-state index in [0.29, 0.717) is 31.1 Å². The minimum atomic E-state index is -4.41. The highest BCUT2D eigenvalue weighted by Crippen LogP contribution is 2.53. The molecule has 2 aliphatic heterocycles. The van der Waals surface area contributed by atoms with Crippen molar-refractivity contribution in [3.63, 3.8) is 0 Å². The number of nitrogens with zero attached hydrogens (tertiary/aromatic N) is 1. The smallest absolute Gasteiger partial charge is 0.408 e. The zero-order chi connectivity index (χ0) is 23.6. The molecule has 0 radical (unpaired) electrons. The van der Waals surface area contributed by atoms with Crippen LogP contribution >= 0.6 is 0 Å². The number of hydrogen-bond donors (Lipinski definition) is 0. The van der Waals surface area contributed by atoms with Crippen molar-refractivity contribution in [3.05, 3.63) is 54.1 Å². The molecule has 2 aromatic rings. The molecule has 0 amide bonds. The molecule has 2 aromatic carbocycles. The summed E-state index contributed by atoms with van der Waals surface area (Å²) < 4.78 is 58.0. The van der Waals surface area contributed by atoms with Gasteiger partial charge in [-0.3, -0.25) is 0 Å². The Bertz CT molecular complexity index is 921. The predicted octanol–water partition coefficient (Wildman–Crippen LogP) is 5.11. The van der Waals surface area contributed by atoms with Crippen LogP contribution in [0.15, 0.2) is 48.5 Å². The van der Waals surface area contributed by atoms with E-state index in [9.17, 15) is 13.2 Å². The Kier molecular flexibility index (Phi) is 6.74. The first-order valence-corrected chi connectivity index (χ1v) is 10.8. The maximum Gasteiger partial charge on any atom is 0.408 e. The lowest BCUT2D eigenvalue weighted by Crippen LogP contribution is -2.52. The van der Waals surface area contributed by atoms with Gasteiger partial charge in [-0.2, -0.15) is 13.2 Å². The highest BCUT2D eigenvalue weighted by Gasteiger charge is 2.65. The average molecular weight is 467 g/mol. The van der Waals surface area contributed by atoms with Crippen LogP contribution in [-0.4, -0.2) is 44.9 Å². The Morgan fingerprint density at radius 2 is 1.61 bits per heavy atom. The number of fused-ring (bicyclic) bond motifs is 1. The van der Waals surface area contributed by atoms with E-state index in [0.717, 1.165) is 11.3 Å². The monoisotopic (exact) mass is 467 g/mol. The van der Waals surface area contributed by atoms with Gasteiger partial charge in [0.15, 0.2) is 5.72 Å². The van der Waals surface area contributed by atoms with Crippen LogP contribution < -0.4 is 14.4 Å². The van der Waals surface area contributed by atoms with E-state index in [1.54, 1.807) is 38.3 Å². The van der Waals surface area contributed by atoms with Crippen LogP contribution in [0.5, 0.6) is 11.5 Å². The molecule has 6 nitrogen and oxygen atoms in total. The van der Waals surface area contributed by atoms with Crippen LogP contribution in [-0.2, 0) is 21.1 Å². The van der Waals surface area contributed by atoms with Crippen LogP contribution in [0.3, 0.4) is 0 Å². The molecule has 0 bridgehead atoms. The quantitative estimate of drug-likeness (QED) is 0.397. The number of anilines is 1. The Labute approximate surface area is 191 Å². The molecule has 0 aromatic heterocycles. The van der Waals surface area contributed by atoms with Crippen molar-refractivity contribution in [2.45, 2.75) is 50.4 Å². The summed E-state index contributed by atoms with van der Waals surface area (Å²) in [5, 5.41) is 0. The molecule has 2 aliphatic rings. The summed E-state index contributed by atoms with van der Waals surface area (Å²) in [6.07, 6.45) is -4.60. The SMILES string of the molecule is COc1ccc(COCC[C@@H]2OO[C@]3(C)[C@H]2C[C@@H](C(F)(F)F)N3c2ccc(OC)cc2)cc1. The van der Waals surface area contributed by atoms with Gasteiger partial charge in [-0.25, -0.2) is 9.78 Å². The summed E-state index contributed by atoms with van der Waals surface area (Å²) in [6, 6.07) is 12.3. The van der Waals surface area contributed by atoms with Gasteiger partial charge < -0.3 is 19.1 Å². The van der Waals surface area contributed by atoms with E-state index < -0.39 is 30.0 Å². The van der Waals surface area contributed by atoms with Gasteiger partial charge in [0.2, 0.25) is 0 Å². The van der Waals surface area contributed by atoms with E-state index in [4.69, 9.17) is 24.0 Å². The van der Waals surface area contributed by atoms with Crippen molar-refractivity contribution < 1.29 is 37.2 Å². The Hall–Kier alpha value is -2.49. The maximum absolute atomic E-state index is 14.0. The lowest BCUT2D eigenvalue weighted by atomic mass is 9.90. The van der Waals surface area contributed by atoms with E-state index in [-0.39, 0.29) is 6.42 Å². The molecular formula is C24H28F3NO5. The van der Waals surface area contributed by atoms with Crippen molar-refractivity contribution >= 4 is 5.69 Å². The van der Waals surface area contributed by atoms with Crippen LogP contribution in [0.25, 0.3) is 0 Å². The Balaban J connectivity index is 1.42. The van der Waals surface area contributed by atoms with Gasteiger partial charge in [-0.15, -0.1) is 0 Å². The second-order valence-corrected chi connectivity index (χ2v) is 8.43. The summed E-state index contributed by atoms with van der Waals surface area (Å²) >= 11 is 0. The number of alkyl halides is 3. The topological polar surface area (TPSA) is 49.4 Å². The lowest BCUT2D eigenvalue weighted by Gasteiger charge is -2.38. The van der Waals surface area contributed by atoms with Crippen molar-refractivity contribution in [2.75, 3.05) is 25.7 Å². The van der Waals surface area contributed by atoms with Crippen LogP contribution in [0.4, 0.5) is 18.9 Å². The first-order valence-electron chi connectivity index (χ1n) is 10.8. The van der Waals surface area contributed by atoms with Crippen molar-refractivity contribution in [1.82, 2.24) is 0 Å². The first kappa shape index (κ1) is 23.7. The third-order valence-electron chi connectivity index (χ3n) is 6.45. The molecule has 0 unspecified atom stereocenters. The zero-order valence-electron chi connectivity index (χ0n) is 18.8. The molecule has 2 heterocycles. The van der Waals surface area contributed by atoms with E-state index in [2.05, 4.69) is 0 Å². The van der Waals surface area contributed by atoms with Gasteiger partial charge in [-0.05, 0) is 55.3 Å². The number of ether oxygens (including phenoxy) is 3. The maximum atomic E-state index is 14.0. The second-order valence-electron chi connectivity index (χ2n) is 8.43. The highest BCUT2D eigenvalue weighted by molar-refractivity contribution is 5.54. The van der Waals surface area contributed by atoms with Crippen LogP contribution in [0.2, 0.25) is 0 Å². The minimum absolute atomic E-state index is 0.116. The third kappa shape index (κ3) is 4.76. The van der Waals surface area contributed by atoms with E-state index >= 15 is 0 Å². The van der Waals surface area contributed by atoms with Gasteiger partial charge in [-0.1, -0.05) is 12.1 Å². The van der Waals surface area contributed by atoms with Crippen molar-refractivity contribution in [2.24, 2.45) is 5.92 Å². The Morgan fingerprint density at radius 3 is 2.18 bits per heavy atom. The molecule has 2 fully saturated rings. The number of methoxy groups -OCH3 is 2. The van der Waals surface area contributed by atoms with Gasteiger partial charge in [0.1, 0.15) is 23.6 Å². The standard InChI is InChI=1S/C24H28F3NO5/c1-23-20(14-22(24(25,26)27)28(23)17-6-10-19(30-3)11-7-17)21(32-33-23)12-13-31-15-16-4-8-18(29-2)9-5-16/h4-11,20-22H,12-15H2,1-3H3/t20-,21-,22-,23+/m0/s1. The largest absolute Gasteiger partial charge is 0.497 e. The molecule has 0 spiro atoms. The normalized spacial score (nSPS) is 27.0. The minimum Gasteiger partial charge on any atom is -0.497 e. The predicted molar refractivity (Wildman–Crippen MR) is 115 cm³/mol. The fourth-order valence-electron chi connectivity index (χ4n) is 4.70. The first-order chi connectivity index (χ1) is 15.8. The summed E-state index contributed by atoms with van der Waals surface area (Å²) in [5.41, 5.74) is 0.145. The van der Waals surface area contributed by atoms with Crippen LogP contribution in [0.1, 0.15) is 25.3 Å². The molecule has 33 heavy (non-hydrogen) atoms. The Morgan fingerprint density at radius 1 is 1.00 bits per heavy atom. The summed E-state index contributed by atoms with van der Waals surface area (Å²) in [4.78, 5) is 12.4. The van der Waals surface area contributed by atoms with E-state index in [1.807, 2.05) is 24.3 Å². The van der Waals surface area contributed by atoms with Gasteiger partial charge in [0.05, 0.1) is 20.8 Å². The fraction of sp³-hybridized carbons (Fsp3) is 0.500. The van der Waals surface area contributed by atoms with Gasteiger partial charge >= 0.3 is 6.18 Å². The van der Waals surface area contributed by atoms with Crippen LogP contribution in [0, 0.1) is 5.92 Å². The number of rotatable bonds is 8. The molecule has 2 saturated heterocycles. The molecule has 4 rings (SSSR count). The lowest BCUT2D eigenvalue weighted by molar-refractivity contribution is -0.326. The van der Waals surface area contributed by atoms with E-state index in [1.165, 1.54) is 12.0 Å². The number of benzene rings is 2. The molecule has 0 N–H and O–H groups in total. The summed E-state index contributed by atoms with van der Waals surface area (Å²) in [7, 11) is 3.11. The van der Waals surface area contributed by atoms with Gasteiger partial charge in [0.25, 0.3) is 0 Å². The number of halogens is 3. The third-order valence-corrected chi connectivity index (χ3v) is 6.45. The molecule has 180 valence electrons. The fourth-order valence-corrected chi connectivity index (χ4v) is 4.70. The zero-order valence-corrected chi connectivity index (χ0v) is 18.8. The van der Waals surface area contributed by atoms with Crippen molar-refractivity contribution in [1.29, 1.82) is 0 Å². The second kappa shape index (κ2) is 9.40. The summed E-state index contributed by atoms with van der Waals surface area (Å²) in [6.45, 7) is 2.39. The average Bonchev–Trinajstić information content (AvgIpc) is 3.29. The molecule has 9 heteroatoms. The molecule has 0 aliphatic carbocycles.